The van der Waals surface area contributed by atoms with Gasteiger partial charge in [0.05, 0.1) is 43.3 Å². The van der Waals surface area contributed by atoms with E-state index in [-0.39, 0.29) is 48.5 Å². The Morgan fingerprint density at radius 3 is 2.49 bits per heavy atom. The zero-order valence-corrected chi connectivity index (χ0v) is 20.8. The third kappa shape index (κ3) is 7.94. The molecule has 0 radical (unpaired) electrons. The van der Waals surface area contributed by atoms with E-state index in [0.29, 0.717) is 0 Å². The second-order valence-corrected chi connectivity index (χ2v) is 10.3. The smallest absolute Gasteiger partial charge is 0.408 e. The molecule has 0 bridgehead atoms. The van der Waals surface area contributed by atoms with Gasteiger partial charge in [-0.1, -0.05) is 0 Å². The molecule has 37 heavy (non-hydrogen) atoms. The Morgan fingerprint density at radius 2 is 1.92 bits per heavy atom. The van der Waals surface area contributed by atoms with Crippen molar-refractivity contribution in [2.75, 3.05) is 13.1 Å². The highest BCUT2D eigenvalue weighted by Gasteiger charge is 2.40. The minimum absolute atomic E-state index is 0.0820. The molecule has 0 saturated heterocycles. The number of ether oxygens (including phenoxy) is 1. The first kappa shape index (κ1) is 29.0. The average molecular weight is 539 g/mol. The van der Waals surface area contributed by atoms with Gasteiger partial charge in [0.1, 0.15) is 5.60 Å². The average Bonchev–Trinajstić information content (AvgIpc) is 3.19. The summed E-state index contributed by atoms with van der Waals surface area (Å²) in [6.07, 6.45) is -1.70. The Kier molecular flexibility index (Phi) is 8.62. The lowest BCUT2D eigenvalue weighted by atomic mass is 9.81. The summed E-state index contributed by atoms with van der Waals surface area (Å²) in [6.45, 7) is 2.97. The van der Waals surface area contributed by atoms with E-state index < -0.39 is 55.1 Å². The number of hydrogen-bond donors (Lipinski definition) is 3. The highest BCUT2D eigenvalue weighted by molar-refractivity contribution is 5.68. The third-order valence-electron chi connectivity index (χ3n) is 6.07. The largest absolute Gasteiger partial charge is 0.444 e. The number of imidazole rings is 1. The first-order valence-electron chi connectivity index (χ1n) is 11.9. The maximum absolute atomic E-state index is 13.8. The number of amides is 1. The molecule has 2 aromatic rings. The summed E-state index contributed by atoms with van der Waals surface area (Å²) in [5, 5.41) is 8.90. The number of rotatable bonds is 9. The summed E-state index contributed by atoms with van der Waals surface area (Å²) in [4.78, 5) is 16.9. The summed E-state index contributed by atoms with van der Waals surface area (Å²) in [7, 11) is 0. The van der Waals surface area contributed by atoms with E-state index in [9.17, 15) is 31.1 Å². The lowest BCUT2D eigenvalue weighted by molar-refractivity contribution is -0.0500. The first-order valence-corrected chi connectivity index (χ1v) is 11.9. The lowest BCUT2D eigenvalue weighted by Gasteiger charge is -2.33. The molecule has 14 heteroatoms. The van der Waals surface area contributed by atoms with Crippen molar-refractivity contribution in [1.29, 1.82) is 0 Å². The molecule has 0 aliphatic heterocycles. The van der Waals surface area contributed by atoms with Gasteiger partial charge in [0, 0.05) is 12.8 Å². The Bertz CT molecular complexity index is 1060. The van der Waals surface area contributed by atoms with E-state index in [1.54, 1.807) is 20.8 Å². The molecule has 2 aromatic heterocycles. The van der Waals surface area contributed by atoms with Gasteiger partial charge in [-0.05, 0) is 51.2 Å². The van der Waals surface area contributed by atoms with E-state index in [4.69, 9.17) is 10.5 Å². The van der Waals surface area contributed by atoms with Crippen LogP contribution in [0.4, 0.5) is 31.1 Å². The standard InChI is InChI=1S/C23H32F6N6O2/c1-21(2,3)37-20(36)34-17(13-4-6-22(26,27)7-5-13)15-10-35-16(33-15)8-14(9-32-35)18(19(24)25)31-12-23(28,29)11-30/h8-10,13,17-19,31H,4-7,11-12,30H2,1-3H3,(H,34,36)/t17-,18-/m0/s1. The van der Waals surface area contributed by atoms with Gasteiger partial charge in [-0.2, -0.15) is 5.10 Å². The molecule has 3 rings (SSSR count). The molecule has 1 aliphatic carbocycles. The summed E-state index contributed by atoms with van der Waals surface area (Å²) in [6, 6.07) is -1.30. The molecule has 2 atom stereocenters. The van der Waals surface area contributed by atoms with Crippen LogP contribution in [0.1, 0.15) is 69.8 Å². The number of fused-ring (bicyclic) bond motifs is 1. The van der Waals surface area contributed by atoms with Crippen LogP contribution in [0.5, 0.6) is 0 Å². The summed E-state index contributed by atoms with van der Waals surface area (Å²) in [5.41, 5.74) is 4.48. The van der Waals surface area contributed by atoms with Crippen LogP contribution >= 0.6 is 0 Å². The molecule has 2 heterocycles. The summed E-state index contributed by atoms with van der Waals surface area (Å²) < 4.78 is 88.5. The monoisotopic (exact) mass is 538 g/mol. The van der Waals surface area contributed by atoms with Gasteiger partial charge in [-0.15, -0.1) is 0 Å². The number of alkyl carbamates (subject to hydrolysis) is 1. The van der Waals surface area contributed by atoms with E-state index in [1.807, 2.05) is 0 Å². The molecule has 0 unspecified atom stereocenters. The zero-order valence-electron chi connectivity index (χ0n) is 20.8. The number of aromatic nitrogens is 3. The van der Waals surface area contributed by atoms with Crippen LogP contribution in [0.25, 0.3) is 5.65 Å². The van der Waals surface area contributed by atoms with Gasteiger partial charge in [0.2, 0.25) is 5.92 Å². The van der Waals surface area contributed by atoms with Crippen LogP contribution in [0.2, 0.25) is 0 Å². The van der Waals surface area contributed by atoms with E-state index >= 15 is 0 Å². The van der Waals surface area contributed by atoms with Crippen LogP contribution in [-0.4, -0.2) is 57.7 Å². The fourth-order valence-electron chi connectivity index (χ4n) is 4.18. The fourth-order valence-corrected chi connectivity index (χ4v) is 4.18. The molecule has 1 fully saturated rings. The van der Waals surface area contributed by atoms with Crippen molar-refractivity contribution in [2.45, 2.75) is 82.4 Å². The molecule has 1 amide bonds. The number of carbonyl (C=O) groups excluding carboxylic acids is 1. The minimum atomic E-state index is -3.37. The van der Waals surface area contributed by atoms with E-state index in [2.05, 4.69) is 20.7 Å². The van der Waals surface area contributed by atoms with Crippen molar-refractivity contribution in [2.24, 2.45) is 11.7 Å². The van der Waals surface area contributed by atoms with Crippen molar-refractivity contribution < 1.29 is 35.9 Å². The van der Waals surface area contributed by atoms with Gasteiger partial charge in [0.25, 0.3) is 12.3 Å². The molecule has 208 valence electrons. The van der Waals surface area contributed by atoms with Gasteiger partial charge in [-0.25, -0.2) is 40.6 Å². The number of nitrogens with two attached hydrogens (primary N) is 1. The Morgan fingerprint density at radius 1 is 1.27 bits per heavy atom. The number of carbonyl (C=O) groups is 1. The highest BCUT2D eigenvalue weighted by atomic mass is 19.3. The number of nitrogens with one attached hydrogen (secondary N) is 2. The second-order valence-electron chi connectivity index (χ2n) is 10.3. The number of nitrogens with zero attached hydrogens (tertiary/aromatic N) is 3. The normalized spacial score (nSPS) is 18.7. The molecule has 8 nitrogen and oxygen atoms in total. The van der Waals surface area contributed by atoms with Crippen LogP contribution in [0, 0.1) is 5.92 Å². The fraction of sp³-hybridized carbons (Fsp3) is 0.696. The highest BCUT2D eigenvalue weighted by Crippen LogP contribution is 2.41. The predicted molar refractivity (Wildman–Crippen MR) is 123 cm³/mol. The van der Waals surface area contributed by atoms with Crippen molar-refractivity contribution in [3.05, 3.63) is 29.7 Å². The van der Waals surface area contributed by atoms with Crippen molar-refractivity contribution in [3.8, 4) is 0 Å². The molecule has 4 N–H and O–H groups in total. The molecule has 1 saturated carbocycles. The van der Waals surface area contributed by atoms with Gasteiger partial charge in [-0.3, -0.25) is 5.32 Å². The van der Waals surface area contributed by atoms with E-state index in [1.165, 1.54) is 16.8 Å². The summed E-state index contributed by atoms with van der Waals surface area (Å²) >= 11 is 0. The van der Waals surface area contributed by atoms with Crippen molar-refractivity contribution in [1.82, 2.24) is 25.2 Å². The maximum Gasteiger partial charge on any atom is 0.408 e. The predicted octanol–water partition coefficient (Wildman–Crippen LogP) is 4.61. The minimum Gasteiger partial charge on any atom is -0.444 e. The molecule has 0 aromatic carbocycles. The quantitative estimate of drug-likeness (QED) is 0.403. The summed E-state index contributed by atoms with van der Waals surface area (Å²) in [5.74, 6) is -6.55. The zero-order chi connectivity index (χ0) is 27.6. The molecular weight excluding hydrogens is 506 g/mol. The number of halogens is 6. The van der Waals surface area contributed by atoms with Crippen molar-refractivity contribution in [3.63, 3.8) is 0 Å². The first-order chi connectivity index (χ1) is 17.1. The van der Waals surface area contributed by atoms with Gasteiger partial charge in [0.15, 0.2) is 5.65 Å². The Labute approximate surface area is 210 Å². The Balaban J connectivity index is 1.89. The Hall–Kier alpha value is -2.61. The third-order valence-corrected chi connectivity index (χ3v) is 6.07. The van der Waals surface area contributed by atoms with Gasteiger partial charge < -0.3 is 15.8 Å². The topological polar surface area (TPSA) is 107 Å². The van der Waals surface area contributed by atoms with Crippen LogP contribution in [0.15, 0.2) is 18.5 Å². The van der Waals surface area contributed by atoms with Crippen LogP contribution < -0.4 is 16.4 Å². The van der Waals surface area contributed by atoms with Gasteiger partial charge >= 0.3 is 6.09 Å². The van der Waals surface area contributed by atoms with Crippen LogP contribution in [-0.2, 0) is 4.74 Å². The van der Waals surface area contributed by atoms with Crippen molar-refractivity contribution >= 4 is 11.7 Å². The van der Waals surface area contributed by atoms with Crippen LogP contribution in [0.3, 0.4) is 0 Å². The number of hydrogen-bond acceptors (Lipinski definition) is 6. The number of alkyl halides is 6. The molecular formula is C23H32F6N6O2. The SMILES string of the molecule is CC(C)(C)OC(=O)N[C@H](c1cn2ncc([C@H](NCC(F)(F)CN)C(F)F)cc2n1)C1CCC(F)(F)CC1. The molecule has 0 spiro atoms. The molecule has 1 aliphatic rings. The lowest BCUT2D eigenvalue weighted by Crippen LogP contribution is -2.42. The second kappa shape index (κ2) is 11.0. The maximum atomic E-state index is 13.8. The van der Waals surface area contributed by atoms with E-state index in [0.717, 1.165) is 6.20 Å².